The lowest BCUT2D eigenvalue weighted by molar-refractivity contribution is -0.141. The van der Waals surface area contributed by atoms with E-state index in [0.29, 0.717) is 12.2 Å². The summed E-state index contributed by atoms with van der Waals surface area (Å²) in [6.45, 7) is 3.88. The number of rotatable bonds is 6. The van der Waals surface area contributed by atoms with Crippen LogP contribution in [0.2, 0.25) is 0 Å². The first-order chi connectivity index (χ1) is 10.5. The highest BCUT2D eigenvalue weighted by Crippen LogP contribution is 2.12. The van der Waals surface area contributed by atoms with Crippen LogP contribution in [-0.4, -0.2) is 38.6 Å². The maximum Gasteiger partial charge on any atom is 0.308 e. The van der Waals surface area contributed by atoms with Crippen LogP contribution < -0.4 is 0 Å². The fourth-order valence-electron chi connectivity index (χ4n) is 2.12. The van der Waals surface area contributed by atoms with Gasteiger partial charge in [0.2, 0.25) is 0 Å². The second kappa shape index (κ2) is 6.89. The number of carboxylic acid groups (broad SMARTS) is 1. The lowest BCUT2D eigenvalue weighted by Crippen LogP contribution is -2.36. The summed E-state index contributed by atoms with van der Waals surface area (Å²) in [4.78, 5) is 25.2. The van der Waals surface area contributed by atoms with Crippen molar-refractivity contribution in [2.45, 2.75) is 20.4 Å². The molecule has 22 heavy (non-hydrogen) atoms. The van der Waals surface area contributed by atoms with Crippen LogP contribution in [0.3, 0.4) is 0 Å². The number of nitrogens with one attached hydrogen (secondary N) is 1. The predicted octanol–water partition coefficient (Wildman–Crippen LogP) is 2.08. The zero-order chi connectivity index (χ0) is 16.1. The quantitative estimate of drug-likeness (QED) is 0.855. The molecule has 1 unspecified atom stereocenters. The molecule has 0 aliphatic rings. The van der Waals surface area contributed by atoms with E-state index in [1.807, 2.05) is 37.3 Å². The summed E-state index contributed by atoms with van der Waals surface area (Å²) >= 11 is 0. The number of carboxylic acids is 1. The number of amides is 1. The number of aromatic amines is 1. The highest BCUT2D eigenvalue weighted by molar-refractivity contribution is 5.92. The zero-order valence-corrected chi connectivity index (χ0v) is 12.6. The maximum atomic E-state index is 12.6. The number of benzene rings is 1. The molecule has 2 rings (SSSR count). The van der Waals surface area contributed by atoms with Crippen LogP contribution >= 0.6 is 0 Å². The summed E-state index contributed by atoms with van der Waals surface area (Å²) < 4.78 is 0. The van der Waals surface area contributed by atoms with Crippen LogP contribution in [0.5, 0.6) is 0 Å². The molecule has 0 saturated heterocycles. The molecule has 1 aromatic heterocycles. The van der Waals surface area contributed by atoms with Crippen molar-refractivity contribution in [3.8, 4) is 0 Å². The number of aromatic nitrogens is 2. The molecule has 116 valence electrons. The van der Waals surface area contributed by atoms with Crippen LogP contribution in [0.4, 0.5) is 0 Å². The van der Waals surface area contributed by atoms with Gasteiger partial charge in [0, 0.05) is 18.8 Å². The molecule has 0 radical (unpaired) electrons. The Morgan fingerprint density at radius 3 is 2.55 bits per heavy atom. The monoisotopic (exact) mass is 301 g/mol. The number of nitrogens with zero attached hydrogens (tertiary/aromatic N) is 2. The van der Waals surface area contributed by atoms with Gasteiger partial charge in [-0.2, -0.15) is 5.10 Å². The van der Waals surface area contributed by atoms with E-state index in [0.717, 1.165) is 11.3 Å². The second-order valence-electron chi connectivity index (χ2n) is 5.35. The Bertz CT molecular complexity index is 652. The van der Waals surface area contributed by atoms with E-state index in [-0.39, 0.29) is 12.5 Å². The summed E-state index contributed by atoms with van der Waals surface area (Å²) in [5.41, 5.74) is 2.03. The summed E-state index contributed by atoms with van der Waals surface area (Å²) in [6.07, 6.45) is 0. The Morgan fingerprint density at radius 2 is 2.00 bits per heavy atom. The third-order valence-electron chi connectivity index (χ3n) is 3.34. The number of aryl methyl sites for hydroxylation is 1. The van der Waals surface area contributed by atoms with E-state index in [2.05, 4.69) is 10.2 Å². The molecular formula is C16H19N3O3. The smallest absolute Gasteiger partial charge is 0.308 e. The first-order valence-corrected chi connectivity index (χ1v) is 7.05. The Kier molecular flexibility index (Phi) is 4.93. The minimum Gasteiger partial charge on any atom is -0.481 e. The highest BCUT2D eigenvalue weighted by atomic mass is 16.4. The molecular weight excluding hydrogens is 282 g/mol. The van der Waals surface area contributed by atoms with Crippen molar-refractivity contribution < 1.29 is 14.7 Å². The Morgan fingerprint density at radius 1 is 1.32 bits per heavy atom. The van der Waals surface area contributed by atoms with Crippen molar-refractivity contribution in [2.24, 2.45) is 5.92 Å². The Labute approximate surface area is 128 Å². The van der Waals surface area contributed by atoms with Gasteiger partial charge < -0.3 is 10.0 Å². The molecule has 0 fully saturated rings. The van der Waals surface area contributed by atoms with E-state index in [9.17, 15) is 9.59 Å². The van der Waals surface area contributed by atoms with Gasteiger partial charge in [-0.05, 0) is 18.6 Å². The molecule has 0 bridgehead atoms. The molecule has 6 nitrogen and oxygen atoms in total. The van der Waals surface area contributed by atoms with Crippen molar-refractivity contribution in [3.05, 3.63) is 53.3 Å². The molecule has 1 heterocycles. The third kappa shape index (κ3) is 3.94. The molecule has 0 spiro atoms. The molecule has 1 atom stereocenters. The van der Waals surface area contributed by atoms with E-state index in [1.54, 1.807) is 13.0 Å². The van der Waals surface area contributed by atoms with Crippen molar-refractivity contribution in [2.75, 3.05) is 6.54 Å². The Balaban J connectivity index is 2.20. The average Bonchev–Trinajstić information content (AvgIpc) is 2.93. The molecule has 1 aromatic carbocycles. The third-order valence-corrected chi connectivity index (χ3v) is 3.34. The van der Waals surface area contributed by atoms with E-state index in [1.165, 1.54) is 4.90 Å². The largest absolute Gasteiger partial charge is 0.481 e. The molecule has 0 aliphatic carbocycles. The molecule has 1 amide bonds. The fourth-order valence-corrected chi connectivity index (χ4v) is 2.12. The van der Waals surface area contributed by atoms with E-state index >= 15 is 0 Å². The van der Waals surface area contributed by atoms with Gasteiger partial charge in [0.1, 0.15) is 5.69 Å². The minimum atomic E-state index is -0.927. The van der Waals surface area contributed by atoms with Crippen LogP contribution in [0.1, 0.15) is 28.7 Å². The van der Waals surface area contributed by atoms with Gasteiger partial charge in [0.15, 0.2) is 0 Å². The second-order valence-corrected chi connectivity index (χ2v) is 5.35. The molecule has 0 aliphatic heterocycles. The fraction of sp³-hybridized carbons (Fsp3) is 0.312. The topological polar surface area (TPSA) is 86.3 Å². The van der Waals surface area contributed by atoms with Gasteiger partial charge in [-0.3, -0.25) is 14.7 Å². The summed E-state index contributed by atoms with van der Waals surface area (Å²) in [5.74, 6) is -1.85. The molecule has 2 aromatic rings. The summed E-state index contributed by atoms with van der Waals surface area (Å²) in [6, 6.07) is 11.1. The van der Waals surface area contributed by atoms with Crippen LogP contribution in [-0.2, 0) is 11.3 Å². The normalized spacial score (nSPS) is 11.9. The zero-order valence-electron chi connectivity index (χ0n) is 12.6. The lowest BCUT2D eigenvalue weighted by atomic mass is 10.1. The Hall–Kier alpha value is -2.63. The standard InChI is InChI=1S/C16H19N3O3/c1-11(16(21)22)9-19(10-13-6-4-3-5-7-13)15(20)14-8-12(2)17-18-14/h3-8,11H,9-10H2,1-2H3,(H,17,18)(H,21,22). The first kappa shape index (κ1) is 15.8. The molecule has 2 N–H and O–H groups in total. The molecule has 0 saturated carbocycles. The molecule has 6 heteroatoms. The summed E-state index contributed by atoms with van der Waals surface area (Å²) in [5, 5.41) is 15.8. The average molecular weight is 301 g/mol. The van der Waals surface area contributed by atoms with Crippen LogP contribution in [0, 0.1) is 12.8 Å². The first-order valence-electron chi connectivity index (χ1n) is 7.05. The number of aliphatic carboxylic acids is 1. The number of hydrogen-bond donors (Lipinski definition) is 2. The van der Waals surface area contributed by atoms with E-state index in [4.69, 9.17) is 5.11 Å². The van der Waals surface area contributed by atoms with Crippen molar-refractivity contribution in [1.82, 2.24) is 15.1 Å². The van der Waals surface area contributed by atoms with Gasteiger partial charge in [0.25, 0.3) is 5.91 Å². The van der Waals surface area contributed by atoms with Crippen molar-refractivity contribution in [3.63, 3.8) is 0 Å². The van der Waals surface area contributed by atoms with Gasteiger partial charge in [-0.25, -0.2) is 0 Å². The van der Waals surface area contributed by atoms with Gasteiger partial charge in [-0.1, -0.05) is 37.3 Å². The van der Waals surface area contributed by atoms with Gasteiger partial charge in [0.05, 0.1) is 5.92 Å². The van der Waals surface area contributed by atoms with Gasteiger partial charge >= 0.3 is 5.97 Å². The van der Waals surface area contributed by atoms with Gasteiger partial charge in [-0.15, -0.1) is 0 Å². The van der Waals surface area contributed by atoms with Crippen LogP contribution in [0.15, 0.2) is 36.4 Å². The minimum absolute atomic E-state index is 0.134. The SMILES string of the molecule is Cc1cc(C(=O)N(Cc2ccccc2)CC(C)C(=O)O)n[nH]1. The van der Waals surface area contributed by atoms with Crippen molar-refractivity contribution >= 4 is 11.9 Å². The predicted molar refractivity (Wildman–Crippen MR) is 81.3 cm³/mol. The lowest BCUT2D eigenvalue weighted by Gasteiger charge is -2.24. The number of H-pyrrole nitrogens is 1. The highest BCUT2D eigenvalue weighted by Gasteiger charge is 2.23. The maximum absolute atomic E-state index is 12.6. The van der Waals surface area contributed by atoms with Crippen molar-refractivity contribution in [1.29, 1.82) is 0 Å². The van der Waals surface area contributed by atoms with E-state index < -0.39 is 11.9 Å². The summed E-state index contributed by atoms with van der Waals surface area (Å²) in [7, 11) is 0. The van der Waals surface area contributed by atoms with Crippen LogP contribution in [0.25, 0.3) is 0 Å². The number of carbonyl (C=O) groups is 2. The number of carbonyl (C=O) groups excluding carboxylic acids is 1. The number of hydrogen-bond acceptors (Lipinski definition) is 3.